The Balaban J connectivity index is 1.71. The minimum Gasteiger partial charge on any atom is -0.353 e. The molecule has 0 bridgehead atoms. The molecule has 0 amide bonds. The molecule has 0 spiro atoms. The van der Waals surface area contributed by atoms with Crippen LogP contribution in [0.2, 0.25) is 0 Å². The third-order valence-electron chi connectivity index (χ3n) is 5.54. The van der Waals surface area contributed by atoms with Crippen molar-refractivity contribution in [3.63, 3.8) is 0 Å². The van der Waals surface area contributed by atoms with Gasteiger partial charge in [0.25, 0.3) is 0 Å². The van der Waals surface area contributed by atoms with Crippen LogP contribution in [-0.4, -0.2) is 44.4 Å². The molecule has 7 heteroatoms. The molecule has 3 aromatic heterocycles. The van der Waals surface area contributed by atoms with Gasteiger partial charge in [0.1, 0.15) is 17.0 Å². The number of aromatic amines is 1. The van der Waals surface area contributed by atoms with Gasteiger partial charge in [-0.05, 0) is 45.1 Å². The van der Waals surface area contributed by atoms with Crippen molar-refractivity contribution < 1.29 is 0 Å². The smallest absolute Gasteiger partial charge is 0.161 e. The number of H-pyrrole nitrogens is 1. The fraction of sp³-hybridized carbons (Fsp3) is 0.300. The lowest BCUT2D eigenvalue weighted by Gasteiger charge is -2.28. The molecule has 6 nitrogen and oxygen atoms in total. The Morgan fingerprint density at radius 2 is 2.04 bits per heavy atom. The molecule has 0 atom stereocenters. The number of aromatic nitrogens is 4. The minimum atomic E-state index is 0.469. The van der Waals surface area contributed by atoms with Crippen molar-refractivity contribution in [1.29, 1.82) is 0 Å². The van der Waals surface area contributed by atoms with Gasteiger partial charge < -0.3 is 13.4 Å². The predicted octanol–water partition coefficient (Wildman–Crippen LogP) is 4.45. The summed E-state index contributed by atoms with van der Waals surface area (Å²) in [6.45, 7) is 2.23. The van der Waals surface area contributed by atoms with Crippen molar-refractivity contribution in [2.45, 2.75) is 18.8 Å². The number of nitrogens with one attached hydrogen (secondary N) is 2. The van der Waals surface area contributed by atoms with Crippen molar-refractivity contribution >= 4 is 45.1 Å². The van der Waals surface area contributed by atoms with Gasteiger partial charge in [-0.25, -0.2) is 9.97 Å². The van der Waals surface area contributed by atoms with Crippen LogP contribution in [0.25, 0.3) is 27.8 Å². The van der Waals surface area contributed by atoms with Gasteiger partial charge in [-0.2, -0.15) is 0 Å². The van der Waals surface area contributed by atoms with Gasteiger partial charge in [0, 0.05) is 29.2 Å². The summed E-state index contributed by atoms with van der Waals surface area (Å²) >= 11 is 2.15. The maximum Gasteiger partial charge on any atom is 0.161 e. The van der Waals surface area contributed by atoms with E-state index in [4.69, 9.17) is 4.98 Å². The zero-order chi connectivity index (χ0) is 18.4. The summed E-state index contributed by atoms with van der Waals surface area (Å²) in [5, 5.41) is 1.20. The first-order valence-corrected chi connectivity index (χ1v) is 10.3. The topological polar surface area (TPSA) is 61.2 Å². The van der Waals surface area contributed by atoms with Crippen LogP contribution in [-0.2, 0) is 0 Å². The molecule has 1 fully saturated rings. The van der Waals surface area contributed by atoms with Gasteiger partial charge in [-0.1, -0.05) is 18.2 Å². The summed E-state index contributed by atoms with van der Waals surface area (Å²) in [7, 11) is 2.19. The van der Waals surface area contributed by atoms with Crippen LogP contribution in [0.3, 0.4) is 0 Å². The van der Waals surface area contributed by atoms with E-state index in [0.29, 0.717) is 5.92 Å². The first-order chi connectivity index (χ1) is 13.2. The van der Waals surface area contributed by atoms with Crippen LogP contribution >= 0.6 is 22.9 Å². The van der Waals surface area contributed by atoms with E-state index in [1.165, 1.54) is 5.39 Å². The second-order valence-electron chi connectivity index (χ2n) is 7.26. The lowest BCUT2D eigenvalue weighted by molar-refractivity contribution is 0.251. The normalized spacial score (nSPS) is 16.4. The molecule has 4 heterocycles. The largest absolute Gasteiger partial charge is 0.353 e. The van der Waals surface area contributed by atoms with Crippen LogP contribution in [0.15, 0.2) is 42.7 Å². The average Bonchev–Trinajstić information content (AvgIpc) is 3.30. The number of hydrogen-bond acceptors (Lipinski definition) is 4. The highest BCUT2D eigenvalue weighted by Crippen LogP contribution is 2.35. The van der Waals surface area contributed by atoms with E-state index in [0.717, 1.165) is 60.0 Å². The fourth-order valence-electron chi connectivity index (χ4n) is 4.08. The Hall–Kier alpha value is -2.13. The molecular weight excluding hydrogens is 451 g/mol. The van der Waals surface area contributed by atoms with Gasteiger partial charge >= 0.3 is 0 Å². The summed E-state index contributed by atoms with van der Waals surface area (Å²) in [4.78, 5) is 15.6. The summed E-state index contributed by atoms with van der Waals surface area (Å²) in [5.74, 6) is 2.46. The molecule has 0 unspecified atom stereocenters. The number of hydrogen-bond donors (Lipinski definition) is 2. The highest BCUT2D eigenvalue weighted by atomic mass is 127. The molecule has 138 valence electrons. The molecule has 5 rings (SSSR count). The van der Waals surface area contributed by atoms with Crippen LogP contribution < -0.4 is 3.53 Å². The number of anilines is 1. The van der Waals surface area contributed by atoms with E-state index >= 15 is 0 Å². The lowest BCUT2D eigenvalue weighted by Crippen LogP contribution is -2.29. The first kappa shape index (κ1) is 17.0. The zero-order valence-corrected chi connectivity index (χ0v) is 17.3. The minimum absolute atomic E-state index is 0.469. The van der Waals surface area contributed by atoms with E-state index in [-0.39, 0.29) is 0 Å². The van der Waals surface area contributed by atoms with Crippen molar-refractivity contribution in [2.24, 2.45) is 0 Å². The molecule has 0 saturated carbocycles. The molecule has 1 aliphatic rings. The van der Waals surface area contributed by atoms with Gasteiger partial charge in [0.05, 0.1) is 28.6 Å². The Bertz CT molecular complexity index is 1070. The maximum atomic E-state index is 5.14. The van der Waals surface area contributed by atoms with Crippen molar-refractivity contribution in [3.8, 4) is 11.4 Å². The van der Waals surface area contributed by atoms with Gasteiger partial charge in [0.15, 0.2) is 5.82 Å². The van der Waals surface area contributed by atoms with Crippen LogP contribution in [0.1, 0.15) is 24.6 Å². The Kier molecular flexibility index (Phi) is 4.28. The molecule has 1 saturated heterocycles. The molecular formula is C20H21IN6. The number of rotatable bonds is 3. The molecule has 1 aromatic carbocycles. The predicted molar refractivity (Wildman–Crippen MR) is 117 cm³/mol. The summed E-state index contributed by atoms with van der Waals surface area (Å²) in [5.41, 5.74) is 4.16. The third kappa shape index (κ3) is 2.89. The first-order valence-electron chi connectivity index (χ1n) is 9.25. The maximum absolute atomic E-state index is 5.14. The van der Waals surface area contributed by atoms with Crippen LogP contribution in [0.5, 0.6) is 0 Å². The number of nitrogens with zero attached hydrogens (tertiary/aromatic N) is 4. The number of halogens is 1. The molecule has 0 aliphatic carbocycles. The van der Waals surface area contributed by atoms with Gasteiger partial charge in [-0.3, -0.25) is 4.40 Å². The van der Waals surface area contributed by atoms with E-state index in [2.05, 4.69) is 83.0 Å². The molecule has 0 radical (unpaired) electrons. The highest BCUT2D eigenvalue weighted by molar-refractivity contribution is 14.1. The van der Waals surface area contributed by atoms with Crippen LogP contribution in [0.4, 0.5) is 5.82 Å². The number of imidazole rings is 1. The van der Waals surface area contributed by atoms with Gasteiger partial charge in [-0.15, -0.1) is 0 Å². The Labute approximate surface area is 171 Å². The van der Waals surface area contributed by atoms with Crippen molar-refractivity contribution in [1.82, 2.24) is 24.3 Å². The zero-order valence-electron chi connectivity index (χ0n) is 15.1. The number of benzene rings is 1. The summed E-state index contributed by atoms with van der Waals surface area (Å²) in [6.07, 6.45) is 6.16. The Morgan fingerprint density at radius 3 is 2.81 bits per heavy atom. The quantitative estimate of drug-likeness (QED) is 0.342. The summed E-state index contributed by atoms with van der Waals surface area (Å²) in [6, 6.07) is 10.5. The van der Waals surface area contributed by atoms with Gasteiger partial charge in [0.2, 0.25) is 0 Å². The highest BCUT2D eigenvalue weighted by Gasteiger charge is 2.26. The number of piperidine rings is 1. The molecule has 27 heavy (non-hydrogen) atoms. The number of para-hydroxylation sites is 1. The standard InChI is InChI=1S/C20H21IN6/c1-26-9-6-13(7-10-26)20-24-17(18-19(25-21)22-8-11-27(18)20)16-12-14-4-2-3-5-15(14)23-16/h2-5,8,11-13,23H,6-7,9-10H2,1H3,(H,22,25). The average molecular weight is 472 g/mol. The van der Waals surface area contributed by atoms with E-state index in [1.54, 1.807) is 0 Å². The monoisotopic (exact) mass is 472 g/mol. The molecule has 1 aliphatic heterocycles. The lowest BCUT2D eigenvalue weighted by atomic mass is 9.96. The van der Waals surface area contributed by atoms with Crippen molar-refractivity contribution in [2.75, 3.05) is 23.7 Å². The SMILES string of the molecule is CN1CCC(c2nc(-c3cc4ccccc4[nH]3)c3c(NI)nccn23)CC1. The van der Waals surface area contributed by atoms with Crippen LogP contribution in [0, 0.1) is 0 Å². The second kappa shape index (κ2) is 6.79. The fourth-order valence-corrected chi connectivity index (χ4v) is 4.47. The van der Waals surface area contributed by atoms with E-state index in [9.17, 15) is 0 Å². The van der Waals surface area contributed by atoms with E-state index in [1.807, 2.05) is 12.4 Å². The van der Waals surface area contributed by atoms with E-state index < -0.39 is 0 Å². The molecule has 4 aromatic rings. The Morgan fingerprint density at radius 1 is 1.22 bits per heavy atom. The molecule has 2 N–H and O–H groups in total. The number of fused-ring (bicyclic) bond motifs is 2. The van der Waals surface area contributed by atoms with Crippen molar-refractivity contribution in [3.05, 3.63) is 48.5 Å². The summed E-state index contributed by atoms with van der Waals surface area (Å²) < 4.78 is 5.44. The third-order valence-corrected chi connectivity index (χ3v) is 6.05. The number of likely N-dealkylation sites (tertiary alicyclic amines) is 1. The second-order valence-corrected chi connectivity index (χ2v) is 7.79.